The minimum Gasteiger partial charge on any atom is -0.481 e. The molecule has 1 aliphatic carbocycles. The molecule has 0 saturated heterocycles. The summed E-state index contributed by atoms with van der Waals surface area (Å²) in [5.41, 5.74) is 0. The van der Waals surface area contributed by atoms with Gasteiger partial charge in [0.15, 0.2) is 0 Å². The maximum absolute atomic E-state index is 12.1. The van der Waals surface area contributed by atoms with Crippen LogP contribution in [0.2, 0.25) is 0 Å². The van der Waals surface area contributed by atoms with Crippen molar-refractivity contribution in [3.05, 3.63) is 22.4 Å². The Bertz CT molecular complexity index is 430. The summed E-state index contributed by atoms with van der Waals surface area (Å²) in [4.78, 5) is 24.5. The predicted molar refractivity (Wildman–Crippen MR) is 74.1 cm³/mol. The summed E-state index contributed by atoms with van der Waals surface area (Å²) in [7, 11) is 0. The topological polar surface area (TPSA) is 66.4 Å². The van der Waals surface area contributed by atoms with Crippen molar-refractivity contribution in [2.75, 3.05) is 6.54 Å². The highest BCUT2D eigenvalue weighted by atomic mass is 32.1. The van der Waals surface area contributed by atoms with Crippen LogP contribution >= 0.6 is 11.3 Å². The fourth-order valence-electron chi connectivity index (χ4n) is 2.64. The number of thiophene rings is 1. The number of carbonyl (C=O) groups excluding carboxylic acids is 1. The minimum absolute atomic E-state index is 0.0938. The van der Waals surface area contributed by atoms with E-state index in [0.717, 1.165) is 19.3 Å². The number of hydrogen-bond acceptors (Lipinski definition) is 3. The SMILES string of the molecule is O=C(O)[C@@H]1CCCC[C@H]1C(=O)NCCc1cccs1. The van der Waals surface area contributed by atoms with E-state index in [0.29, 0.717) is 19.4 Å². The van der Waals surface area contributed by atoms with E-state index in [1.165, 1.54) is 4.88 Å². The van der Waals surface area contributed by atoms with Gasteiger partial charge in [-0.15, -0.1) is 11.3 Å². The van der Waals surface area contributed by atoms with Crippen LogP contribution in [0.5, 0.6) is 0 Å². The Morgan fingerprint density at radius 2 is 2.05 bits per heavy atom. The van der Waals surface area contributed by atoms with E-state index in [1.807, 2.05) is 17.5 Å². The normalized spacial score (nSPS) is 22.9. The summed E-state index contributed by atoms with van der Waals surface area (Å²) in [5.74, 6) is -1.79. The molecule has 2 atom stereocenters. The van der Waals surface area contributed by atoms with Crippen LogP contribution < -0.4 is 5.32 Å². The monoisotopic (exact) mass is 281 g/mol. The number of amides is 1. The lowest BCUT2D eigenvalue weighted by Crippen LogP contribution is -2.40. The fraction of sp³-hybridized carbons (Fsp3) is 0.571. The van der Waals surface area contributed by atoms with Gasteiger partial charge in [0.05, 0.1) is 11.8 Å². The first kappa shape index (κ1) is 14.1. The number of carboxylic acid groups (broad SMARTS) is 1. The molecule has 4 nitrogen and oxygen atoms in total. The first-order valence-corrected chi connectivity index (χ1v) is 7.59. The molecule has 104 valence electrons. The Morgan fingerprint density at radius 1 is 1.32 bits per heavy atom. The van der Waals surface area contributed by atoms with E-state index in [9.17, 15) is 9.59 Å². The van der Waals surface area contributed by atoms with E-state index < -0.39 is 11.9 Å². The maximum Gasteiger partial charge on any atom is 0.307 e. The second kappa shape index (κ2) is 6.70. The van der Waals surface area contributed by atoms with E-state index in [2.05, 4.69) is 5.32 Å². The molecule has 2 N–H and O–H groups in total. The zero-order chi connectivity index (χ0) is 13.7. The molecule has 2 rings (SSSR count). The van der Waals surface area contributed by atoms with Crippen molar-refractivity contribution < 1.29 is 14.7 Å². The molecule has 1 aliphatic rings. The lowest BCUT2D eigenvalue weighted by Gasteiger charge is -2.27. The predicted octanol–water partition coefficient (Wildman–Crippen LogP) is 2.30. The number of aliphatic carboxylic acids is 1. The highest BCUT2D eigenvalue weighted by Crippen LogP contribution is 2.30. The van der Waals surface area contributed by atoms with Gasteiger partial charge < -0.3 is 10.4 Å². The summed E-state index contributed by atoms with van der Waals surface area (Å²) < 4.78 is 0. The van der Waals surface area contributed by atoms with Crippen molar-refractivity contribution >= 4 is 23.2 Å². The van der Waals surface area contributed by atoms with Crippen molar-refractivity contribution in [2.24, 2.45) is 11.8 Å². The van der Waals surface area contributed by atoms with E-state index >= 15 is 0 Å². The van der Waals surface area contributed by atoms with Crippen LogP contribution in [0.4, 0.5) is 0 Å². The van der Waals surface area contributed by atoms with Crippen molar-refractivity contribution in [2.45, 2.75) is 32.1 Å². The van der Waals surface area contributed by atoms with Crippen LogP contribution in [0.3, 0.4) is 0 Å². The molecule has 5 heteroatoms. The van der Waals surface area contributed by atoms with Gasteiger partial charge in [-0.3, -0.25) is 9.59 Å². The van der Waals surface area contributed by atoms with Gasteiger partial charge >= 0.3 is 5.97 Å². The number of carbonyl (C=O) groups is 2. The zero-order valence-corrected chi connectivity index (χ0v) is 11.6. The first-order valence-electron chi connectivity index (χ1n) is 6.71. The third-order valence-electron chi connectivity index (χ3n) is 3.67. The number of carboxylic acids is 1. The van der Waals surface area contributed by atoms with Crippen molar-refractivity contribution in [3.8, 4) is 0 Å². The second-order valence-corrected chi connectivity index (χ2v) is 5.99. The summed E-state index contributed by atoms with van der Waals surface area (Å²) in [6.45, 7) is 0.586. The van der Waals surface area contributed by atoms with Crippen LogP contribution in [0.1, 0.15) is 30.6 Å². The first-order chi connectivity index (χ1) is 9.18. The quantitative estimate of drug-likeness (QED) is 0.870. The van der Waals surface area contributed by atoms with Crippen molar-refractivity contribution in [3.63, 3.8) is 0 Å². The van der Waals surface area contributed by atoms with Gasteiger partial charge in [-0.1, -0.05) is 18.9 Å². The molecule has 0 spiro atoms. The minimum atomic E-state index is -0.835. The third-order valence-corrected chi connectivity index (χ3v) is 4.61. The molecule has 0 bridgehead atoms. The zero-order valence-electron chi connectivity index (χ0n) is 10.8. The molecular weight excluding hydrogens is 262 g/mol. The second-order valence-electron chi connectivity index (χ2n) is 4.96. The highest BCUT2D eigenvalue weighted by molar-refractivity contribution is 7.09. The van der Waals surface area contributed by atoms with Gasteiger partial charge in [0, 0.05) is 11.4 Å². The lowest BCUT2D eigenvalue weighted by atomic mass is 9.78. The van der Waals surface area contributed by atoms with Crippen LogP contribution in [-0.2, 0) is 16.0 Å². The summed E-state index contributed by atoms with van der Waals surface area (Å²) in [6, 6.07) is 4.03. The van der Waals surface area contributed by atoms with Crippen LogP contribution in [0.25, 0.3) is 0 Å². The lowest BCUT2D eigenvalue weighted by molar-refractivity contribution is -0.148. The number of nitrogens with one attached hydrogen (secondary N) is 1. The molecular formula is C14H19NO3S. The molecule has 1 aromatic heterocycles. The van der Waals surface area contributed by atoms with Gasteiger partial charge in [-0.05, 0) is 30.7 Å². The van der Waals surface area contributed by atoms with Gasteiger partial charge in [0.1, 0.15) is 0 Å². The highest BCUT2D eigenvalue weighted by Gasteiger charge is 2.35. The molecule has 1 aromatic rings. The van der Waals surface area contributed by atoms with Crippen LogP contribution in [0, 0.1) is 11.8 Å². The van der Waals surface area contributed by atoms with Crippen molar-refractivity contribution in [1.29, 1.82) is 0 Å². The Morgan fingerprint density at radius 3 is 2.68 bits per heavy atom. The molecule has 1 amide bonds. The molecule has 0 unspecified atom stereocenters. The molecule has 1 fully saturated rings. The van der Waals surface area contributed by atoms with Gasteiger partial charge in [0.2, 0.25) is 5.91 Å². The summed E-state index contributed by atoms with van der Waals surface area (Å²) >= 11 is 1.67. The molecule has 0 aromatic carbocycles. The Balaban J connectivity index is 1.82. The van der Waals surface area contributed by atoms with Crippen LogP contribution in [-0.4, -0.2) is 23.5 Å². The van der Waals surface area contributed by atoms with Gasteiger partial charge in [0.25, 0.3) is 0 Å². The molecule has 1 heterocycles. The van der Waals surface area contributed by atoms with E-state index in [1.54, 1.807) is 11.3 Å². The maximum atomic E-state index is 12.1. The molecule has 0 aliphatic heterocycles. The smallest absolute Gasteiger partial charge is 0.307 e. The average Bonchev–Trinajstić information content (AvgIpc) is 2.91. The van der Waals surface area contributed by atoms with Crippen molar-refractivity contribution in [1.82, 2.24) is 5.32 Å². The van der Waals surface area contributed by atoms with Gasteiger partial charge in [-0.2, -0.15) is 0 Å². The van der Waals surface area contributed by atoms with E-state index in [4.69, 9.17) is 5.11 Å². The Kier molecular flexibility index (Phi) is 4.96. The molecule has 19 heavy (non-hydrogen) atoms. The van der Waals surface area contributed by atoms with E-state index in [-0.39, 0.29) is 11.8 Å². The largest absolute Gasteiger partial charge is 0.481 e. The van der Waals surface area contributed by atoms with Crippen LogP contribution in [0.15, 0.2) is 17.5 Å². The average molecular weight is 281 g/mol. The number of rotatable bonds is 5. The number of hydrogen-bond donors (Lipinski definition) is 2. The summed E-state index contributed by atoms with van der Waals surface area (Å²) in [5, 5.41) is 14.0. The summed E-state index contributed by atoms with van der Waals surface area (Å²) in [6.07, 6.45) is 4.00. The Hall–Kier alpha value is -1.36. The molecule has 1 saturated carbocycles. The Labute approximate surface area is 116 Å². The standard InChI is InChI=1S/C14H19NO3S/c16-13(15-8-7-10-4-3-9-19-10)11-5-1-2-6-12(11)14(17)18/h3-4,9,11-12H,1-2,5-8H2,(H,15,16)(H,17,18)/t11-,12-/m1/s1. The van der Waals surface area contributed by atoms with Gasteiger partial charge in [-0.25, -0.2) is 0 Å². The third kappa shape index (κ3) is 3.80. The fourth-order valence-corrected chi connectivity index (χ4v) is 3.34. The molecule has 0 radical (unpaired) electrons.